The molecule has 0 bridgehead atoms. The Bertz CT molecular complexity index is 513. The largest absolute Gasteiger partial charge is 0.368 e. The molecular weight excluding hydrogens is 282 g/mol. The van der Waals surface area contributed by atoms with Crippen LogP contribution in [0.1, 0.15) is 12.0 Å². The van der Waals surface area contributed by atoms with Crippen LogP contribution in [0.15, 0.2) is 33.3 Å². The van der Waals surface area contributed by atoms with Gasteiger partial charge >= 0.3 is 0 Å². The molecule has 0 unspecified atom stereocenters. The van der Waals surface area contributed by atoms with Gasteiger partial charge in [-0.05, 0) is 12.1 Å². The second-order valence-corrected chi connectivity index (χ2v) is 4.06. The molecule has 6 heteroatoms. The van der Waals surface area contributed by atoms with Crippen LogP contribution < -0.4 is 5.73 Å². The summed E-state index contributed by atoms with van der Waals surface area (Å²) in [5.74, 6) is 0.0928. The zero-order valence-corrected chi connectivity index (χ0v) is 9.54. The third-order valence-corrected chi connectivity index (χ3v) is 2.55. The van der Waals surface area contributed by atoms with Crippen LogP contribution >= 0.6 is 15.9 Å². The normalized spacial score (nSPS) is 11.0. The van der Waals surface area contributed by atoms with Crippen molar-refractivity contribution in [1.82, 2.24) is 5.16 Å². The number of anilines is 1. The predicted molar refractivity (Wildman–Crippen MR) is 59.0 cm³/mol. The summed E-state index contributed by atoms with van der Waals surface area (Å²) in [6.07, 6.45) is -2.57. The minimum Gasteiger partial charge on any atom is -0.368 e. The third kappa shape index (κ3) is 2.06. The van der Waals surface area contributed by atoms with Crippen LogP contribution in [0.5, 0.6) is 0 Å². The number of nitrogens with zero attached hydrogens (tertiary/aromatic N) is 1. The average molecular weight is 289 g/mol. The van der Waals surface area contributed by atoms with E-state index in [0.717, 1.165) is 0 Å². The number of rotatable bonds is 2. The molecule has 0 saturated carbocycles. The van der Waals surface area contributed by atoms with Crippen LogP contribution in [-0.2, 0) is 0 Å². The molecule has 2 aromatic rings. The van der Waals surface area contributed by atoms with Crippen molar-refractivity contribution in [1.29, 1.82) is 0 Å². The smallest absolute Gasteiger partial charge is 0.264 e. The van der Waals surface area contributed by atoms with E-state index < -0.39 is 6.43 Å². The minimum absolute atomic E-state index is 0.0928. The van der Waals surface area contributed by atoms with Gasteiger partial charge in [-0.1, -0.05) is 27.2 Å². The minimum atomic E-state index is -2.57. The molecule has 0 aliphatic heterocycles. The van der Waals surface area contributed by atoms with E-state index in [1.807, 2.05) is 0 Å². The molecule has 1 heterocycles. The van der Waals surface area contributed by atoms with Gasteiger partial charge in [-0.2, -0.15) is 0 Å². The van der Waals surface area contributed by atoms with Gasteiger partial charge in [0, 0.05) is 21.7 Å². The van der Waals surface area contributed by atoms with Gasteiger partial charge in [-0.3, -0.25) is 0 Å². The second-order valence-electron chi connectivity index (χ2n) is 3.15. The second kappa shape index (κ2) is 4.21. The van der Waals surface area contributed by atoms with Gasteiger partial charge in [0.1, 0.15) is 5.69 Å². The maximum atomic E-state index is 12.7. The van der Waals surface area contributed by atoms with Crippen molar-refractivity contribution in [3.8, 4) is 11.3 Å². The predicted octanol–water partition coefficient (Wildman–Crippen LogP) is 3.62. The van der Waals surface area contributed by atoms with Crippen molar-refractivity contribution in [3.05, 3.63) is 34.3 Å². The van der Waals surface area contributed by atoms with Crippen LogP contribution in [0, 0.1) is 0 Å². The van der Waals surface area contributed by atoms with Gasteiger partial charge < -0.3 is 10.3 Å². The Morgan fingerprint density at radius 2 is 2.06 bits per heavy atom. The fourth-order valence-electron chi connectivity index (χ4n) is 1.36. The first-order valence-corrected chi connectivity index (χ1v) is 5.17. The van der Waals surface area contributed by atoms with E-state index in [9.17, 15) is 8.78 Å². The number of hydrogen-bond acceptors (Lipinski definition) is 3. The van der Waals surface area contributed by atoms with E-state index in [1.54, 1.807) is 12.1 Å². The summed E-state index contributed by atoms with van der Waals surface area (Å²) >= 11 is 3.21. The number of nitrogen functional groups attached to an aromatic ring is 1. The van der Waals surface area contributed by atoms with Crippen molar-refractivity contribution in [2.75, 3.05) is 5.73 Å². The Balaban J connectivity index is 2.57. The first kappa shape index (κ1) is 11.1. The lowest BCUT2D eigenvalue weighted by atomic mass is 10.1. The Hall–Kier alpha value is -1.43. The van der Waals surface area contributed by atoms with E-state index in [0.29, 0.717) is 15.7 Å². The summed E-state index contributed by atoms with van der Waals surface area (Å²) in [6, 6.07) is 5.86. The highest BCUT2D eigenvalue weighted by Crippen LogP contribution is 2.33. The van der Waals surface area contributed by atoms with E-state index in [2.05, 4.69) is 25.6 Å². The molecule has 1 aromatic carbocycles. The first-order valence-electron chi connectivity index (χ1n) is 4.38. The SMILES string of the molecule is Nc1cc(-c2cc(Br)ccc2C(F)F)no1. The van der Waals surface area contributed by atoms with Gasteiger partial charge in [0.2, 0.25) is 5.88 Å². The lowest BCUT2D eigenvalue weighted by Gasteiger charge is -2.06. The summed E-state index contributed by atoms with van der Waals surface area (Å²) in [5.41, 5.74) is 5.86. The van der Waals surface area contributed by atoms with Crippen LogP contribution in [0.2, 0.25) is 0 Å². The maximum Gasteiger partial charge on any atom is 0.264 e. The molecule has 2 N–H and O–H groups in total. The average Bonchev–Trinajstić information content (AvgIpc) is 2.64. The fourth-order valence-corrected chi connectivity index (χ4v) is 1.72. The number of halogens is 3. The number of benzene rings is 1. The molecule has 0 spiro atoms. The van der Waals surface area contributed by atoms with Gasteiger partial charge in [-0.25, -0.2) is 8.78 Å². The van der Waals surface area contributed by atoms with Crippen LogP contribution in [0.3, 0.4) is 0 Å². The maximum absolute atomic E-state index is 12.7. The van der Waals surface area contributed by atoms with Gasteiger partial charge in [0.15, 0.2) is 0 Å². The molecule has 84 valence electrons. The van der Waals surface area contributed by atoms with Crippen molar-refractivity contribution >= 4 is 21.8 Å². The quantitative estimate of drug-likeness (QED) is 0.918. The van der Waals surface area contributed by atoms with E-state index in [1.165, 1.54) is 12.1 Å². The summed E-state index contributed by atoms with van der Waals surface area (Å²) in [5, 5.41) is 3.62. The highest BCUT2D eigenvalue weighted by Gasteiger charge is 2.16. The molecule has 0 radical (unpaired) electrons. The lowest BCUT2D eigenvalue weighted by Crippen LogP contribution is -1.90. The van der Waals surface area contributed by atoms with Crippen molar-refractivity contribution in [2.24, 2.45) is 0 Å². The van der Waals surface area contributed by atoms with Crippen LogP contribution in [-0.4, -0.2) is 5.16 Å². The number of aromatic nitrogens is 1. The van der Waals surface area contributed by atoms with Gasteiger partial charge in [-0.15, -0.1) is 0 Å². The van der Waals surface area contributed by atoms with E-state index in [4.69, 9.17) is 5.73 Å². The van der Waals surface area contributed by atoms with Crippen molar-refractivity contribution < 1.29 is 13.3 Å². The lowest BCUT2D eigenvalue weighted by molar-refractivity contribution is 0.152. The molecule has 3 nitrogen and oxygen atoms in total. The summed E-state index contributed by atoms with van der Waals surface area (Å²) < 4.78 is 30.8. The molecule has 0 aliphatic carbocycles. The Labute approximate surface area is 98.4 Å². The highest BCUT2D eigenvalue weighted by atomic mass is 79.9. The topological polar surface area (TPSA) is 52.0 Å². The summed E-state index contributed by atoms with van der Waals surface area (Å²) in [7, 11) is 0. The third-order valence-electron chi connectivity index (χ3n) is 2.05. The van der Waals surface area contributed by atoms with Crippen molar-refractivity contribution in [3.63, 3.8) is 0 Å². The monoisotopic (exact) mass is 288 g/mol. The van der Waals surface area contributed by atoms with Crippen LogP contribution in [0.4, 0.5) is 14.7 Å². The Morgan fingerprint density at radius 1 is 1.31 bits per heavy atom. The number of nitrogens with two attached hydrogens (primary N) is 1. The summed E-state index contributed by atoms with van der Waals surface area (Å²) in [4.78, 5) is 0. The number of alkyl halides is 2. The molecule has 1 aromatic heterocycles. The molecule has 2 rings (SSSR count). The molecule has 0 aliphatic rings. The molecular formula is C10H7BrF2N2O. The van der Waals surface area contributed by atoms with Crippen molar-refractivity contribution in [2.45, 2.75) is 6.43 Å². The highest BCUT2D eigenvalue weighted by molar-refractivity contribution is 9.10. The molecule has 16 heavy (non-hydrogen) atoms. The zero-order valence-electron chi connectivity index (χ0n) is 7.95. The Morgan fingerprint density at radius 3 is 2.62 bits per heavy atom. The fraction of sp³-hybridized carbons (Fsp3) is 0.100. The molecule has 0 fully saturated rings. The molecule has 0 atom stereocenters. The van der Waals surface area contributed by atoms with Gasteiger partial charge in [0.25, 0.3) is 6.43 Å². The zero-order chi connectivity index (χ0) is 11.7. The Kier molecular flexibility index (Phi) is 2.91. The first-order chi connectivity index (χ1) is 7.58. The van der Waals surface area contributed by atoms with Crippen LogP contribution in [0.25, 0.3) is 11.3 Å². The van der Waals surface area contributed by atoms with E-state index in [-0.39, 0.29) is 11.4 Å². The standard InChI is InChI=1S/C10H7BrF2N2O/c11-5-1-2-6(10(12)13)7(3-5)8-4-9(14)16-15-8/h1-4,10H,14H2. The van der Waals surface area contributed by atoms with Gasteiger partial charge in [0.05, 0.1) is 0 Å². The molecule has 0 saturated heterocycles. The number of hydrogen-bond donors (Lipinski definition) is 1. The summed E-state index contributed by atoms with van der Waals surface area (Å²) in [6.45, 7) is 0. The van der Waals surface area contributed by atoms with E-state index >= 15 is 0 Å². The molecule has 0 amide bonds.